The molecule has 0 spiro atoms. The molecule has 0 aromatic carbocycles. The average molecular weight is 187 g/mol. The number of nitrogens with zero attached hydrogens (tertiary/aromatic N) is 1. The minimum atomic E-state index is 0.322. The second kappa shape index (κ2) is 4.17. The van der Waals surface area contributed by atoms with Gasteiger partial charge in [0.05, 0.1) is 5.88 Å². The summed E-state index contributed by atoms with van der Waals surface area (Å²) >= 11 is 1.85. The van der Waals surface area contributed by atoms with Crippen LogP contribution >= 0.6 is 11.8 Å². The molecule has 1 atom stereocenters. The molecule has 0 bridgehead atoms. The van der Waals surface area contributed by atoms with Crippen LogP contribution in [-0.4, -0.2) is 28.5 Å². The molecule has 0 aromatic heterocycles. The van der Waals surface area contributed by atoms with Crippen LogP contribution in [0.2, 0.25) is 0 Å². The molecular formula is C9H17NOS. The van der Waals surface area contributed by atoms with Crippen LogP contribution in [0.3, 0.4) is 0 Å². The highest BCUT2D eigenvalue weighted by Crippen LogP contribution is 2.21. The van der Waals surface area contributed by atoms with E-state index in [2.05, 4.69) is 20.8 Å². The first-order valence-electron chi connectivity index (χ1n) is 4.48. The zero-order chi connectivity index (χ0) is 9.14. The Labute approximate surface area is 78.7 Å². The highest BCUT2D eigenvalue weighted by Gasteiger charge is 2.25. The van der Waals surface area contributed by atoms with Gasteiger partial charge in [-0.15, -0.1) is 11.8 Å². The lowest BCUT2D eigenvalue weighted by molar-refractivity contribution is -0.132. The van der Waals surface area contributed by atoms with Gasteiger partial charge < -0.3 is 4.90 Å². The lowest BCUT2D eigenvalue weighted by atomic mass is 10.1. The Bertz CT molecular complexity index is 170. The fourth-order valence-electron chi connectivity index (χ4n) is 1.32. The van der Waals surface area contributed by atoms with Crippen molar-refractivity contribution in [2.75, 3.05) is 11.6 Å². The molecule has 1 unspecified atom stereocenters. The van der Waals surface area contributed by atoms with Crippen LogP contribution in [0, 0.1) is 5.92 Å². The Balaban J connectivity index is 2.41. The van der Waals surface area contributed by atoms with Crippen molar-refractivity contribution in [2.45, 2.75) is 33.2 Å². The van der Waals surface area contributed by atoms with Gasteiger partial charge in [0.2, 0.25) is 5.91 Å². The van der Waals surface area contributed by atoms with Gasteiger partial charge in [0, 0.05) is 18.2 Å². The molecule has 0 aliphatic carbocycles. The second-order valence-electron chi connectivity index (χ2n) is 3.81. The molecule has 70 valence electrons. The first-order valence-corrected chi connectivity index (χ1v) is 5.64. The van der Waals surface area contributed by atoms with Gasteiger partial charge in [-0.25, -0.2) is 0 Å². The number of thioether (sulfide) groups is 1. The zero-order valence-electron chi connectivity index (χ0n) is 8.04. The smallest absolute Gasteiger partial charge is 0.223 e. The second-order valence-corrected chi connectivity index (χ2v) is 4.81. The predicted molar refractivity (Wildman–Crippen MR) is 53.1 cm³/mol. The largest absolute Gasteiger partial charge is 0.330 e. The van der Waals surface area contributed by atoms with E-state index in [-0.39, 0.29) is 0 Å². The minimum absolute atomic E-state index is 0.322. The highest BCUT2D eigenvalue weighted by atomic mass is 32.2. The summed E-state index contributed by atoms with van der Waals surface area (Å²) in [4.78, 5) is 13.6. The quantitative estimate of drug-likeness (QED) is 0.658. The molecule has 1 rings (SSSR count). The van der Waals surface area contributed by atoms with E-state index in [0.717, 1.165) is 11.6 Å². The number of hydrogen-bond acceptors (Lipinski definition) is 2. The molecule has 0 N–H and O–H groups in total. The van der Waals surface area contributed by atoms with Crippen LogP contribution in [0.4, 0.5) is 0 Å². The van der Waals surface area contributed by atoms with Gasteiger partial charge >= 0.3 is 0 Å². The Morgan fingerprint density at radius 3 is 2.75 bits per heavy atom. The summed E-state index contributed by atoms with van der Waals surface area (Å²) in [6.07, 6.45) is 0.699. The van der Waals surface area contributed by atoms with E-state index in [9.17, 15) is 4.79 Å². The molecule has 1 aliphatic heterocycles. The van der Waals surface area contributed by atoms with Crippen molar-refractivity contribution < 1.29 is 4.79 Å². The maximum Gasteiger partial charge on any atom is 0.223 e. The monoisotopic (exact) mass is 187 g/mol. The molecule has 0 radical (unpaired) electrons. The molecule has 2 nitrogen and oxygen atoms in total. The van der Waals surface area contributed by atoms with Crippen molar-refractivity contribution in [1.29, 1.82) is 0 Å². The maximum absolute atomic E-state index is 11.6. The molecule has 0 aromatic rings. The van der Waals surface area contributed by atoms with Crippen molar-refractivity contribution in [3.8, 4) is 0 Å². The molecule has 1 aliphatic rings. The van der Waals surface area contributed by atoms with E-state index in [0.29, 0.717) is 24.3 Å². The third-order valence-corrected chi connectivity index (χ3v) is 3.20. The number of rotatable bonds is 2. The van der Waals surface area contributed by atoms with Gasteiger partial charge in [-0.05, 0) is 12.8 Å². The van der Waals surface area contributed by atoms with Gasteiger partial charge in [-0.2, -0.15) is 0 Å². The SMILES string of the molecule is CC(C)CC(=O)N1CSCC1C. The minimum Gasteiger partial charge on any atom is -0.330 e. The third kappa shape index (κ3) is 2.41. The van der Waals surface area contributed by atoms with E-state index >= 15 is 0 Å². The number of carbonyl (C=O) groups excluding carboxylic acids is 1. The van der Waals surface area contributed by atoms with Crippen molar-refractivity contribution in [3.05, 3.63) is 0 Å². The number of hydrogen-bond donors (Lipinski definition) is 0. The molecule has 12 heavy (non-hydrogen) atoms. The molecule has 1 heterocycles. The van der Waals surface area contributed by atoms with Crippen molar-refractivity contribution in [1.82, 2.24) is 4.90 Å². The summed E-state index contributed by atoms with van der Waals surface area (Å²) in [5, 5.41) is 0. The van der Waals surface area contributed by atoms with Crippen LogP contribution in [-0.2, 0) is 4.79 Å². The van der Waals surface area contributed by atoms with Gasteiger partial charge in [-0.3, -0.25) is 4.79 Å². The normalized spacial score (nSPS) is 23.7. The van der Waals surface area contributed by atoms with Crippen LogP contribution in [0.15, 0.2) is 0 Å². The first kappa shape index (κ1) is 9.90. The van der Waals surface area contributed by atoms with Gasteiger partial charge in [0.15, 0.2) is 0 Å². The van der Waals surface area contributed by atoms with Crippen molar-refractivity contribution in [3.63, 3.8) is 0 Å². The highest BCUT2D eigenvalue weighted by molar-refractivity contribution is 7.99. The fraction of sp³-hybridized carbons (Fsp3) is 0.889. The summed E-state index contributed by atoms with van der Waals surface area (Å²) in [5.74, 6) is 2.80. The third-order valence-electron chi connectivity index (χ3n) is 2.02. The molecule has 1 fully saturated rings. The van der Waals surface area contributed by atoms with Gasteiger partial charge in [0.25, 0.3) is 0 Å². The van der Waals surface area contributed by atoms with Crippen molar-refractivity contribution >= 4 is 17.7 Å². The summed E-state index contributed by atoms with van der Waals surface area (Å²) in [5.41, 5.74) is 0. The maximum atomic E-state index is 11.6. The predicted octanol–water partition coefficient (Wildman–Crippen LogP) is 1.95. The summed E-state index contributed by atoms with van der Waals surface area (Å²) in [6.45, 7) is 6.30. The molecule has 3 heteroatoms. The Hall–Kier alpha value is -0.180. The van der Waals surface area contributed by atoms with Crippen LogP contribution < -0.4 is 0 Å². The summed E-state index contributed by atoms with van der Waals surface area (Å²) < 4.78 is 0. The number of carbonyl (C=O) groups is 1. The Morgan fingerprint density at radius 1 is 1.67 bits per heavy atom. The topological polar surface area (TPSA) is 20.3 Å². The molecule has 0 saturated carbocycles. The lowest BCUT2D eigenvalue weighted by Crippen LogP contribution is -2.35. The molecule has 1 saturated heterocycles. The van der Waals surface area contributed by atoms with Crippen molar-refractivity contribution in [2.24, 2.45) is 5.92 Å². The lowest BCUT2D eigenvalue weighted by Gasteiger charge is -2.21. The van der Waals surface area contributed by atoms with E-state index in [1.54, 1.807) is 0 Å². The van der Waals surface area contributed by atoms with E-state index in [1.807, 2.05) is 16.7 Å². The van der Waals surface area contributed by atoms with Gasteiger partial charge in [-0.1, -0.05) is 13.8 Å². The number of amides is 1. The average Bonchev–Trinajstić information content (AvgIpc) is 2.33. The van der Waals surface area contributed by atoms with Crippen LogP contribution in [0.25, 0.3) is 0 Å². The van der Waals surface area contributed by atoms with Crippen LogP contribution in [0.5, 0.6) is 0 Å². The fourth-order valence-corrected chi connectivity index (χ4v) is 2.54. The van der Waals surface area contributed by atoms with Gasteiger partial charge in [0.1, 0.15) is 0 Å². The van der Waals surface area contributed by atoms with E-state index < -0.39 is 0 Å². The Morgan fingerprint density at radius 2 is 2.33 bits per heavy atom. The summed E-state index contributed by atoms with van der Waals surface area (Å²) in [7, 11) is 0. The molecular weight excluding hydrogens is 170 g/mol. The standard InChI is InChI=1S/C9H17NOS/c1-7(2)4-9(11)10-6-12-5-8(10)3/h7-8H,4-6H2,1-3H3. The summed E-state index contributed by atoms with van der Waals surface area (Å²) in [6, 6.07) is 0.446. The zero-order valence-corrected chi connectivity index (χ0v) is 8.86. The van der Waals surface area contributed by atoms with E-state index in [1.165, 1.54) is 0 Å². The van der Waals surface area contributed by atoms with Crippen LogP contribution in [0.1, 0.15) is 27.2 Å². The first-order chi connectivity index (χ1) is 5.61. The van der Waals surface area contributed by atoms with E-state index in [4.69, 9.17) is 0 Å². The Kier molecular flexibility index (Phi) is 3.44. The molecule has 1 amide bonds.